The van der Waals surface area contributed by atoms with Gasteiger partial charge < -0.3 is 9.47 Å². The molecule has 0 aliphatic carbocycles. The van der Waals surface area contributed by atoms with Crippen molar-refractivity contribution in [2.24, 2.45) is 0 Å². The average molecular weight is 234 g/mol. The third-order valence-corrected chi connectivity index (χ3v) is 2.74. The van der Waals surface area contributed by atoms with Crippen molar-refractivity contribution in [1.29, 1.82) is 0 Å². The highest BCUT2D eigenvalue weighted by Gasteiger charge is 2.37. The van der Waals surface area contributed by atoms with E-state index < -0.39 is 11.6 Å². The summed E-state index contributed by atoms with van der Waals surface area (Å²) in [6.07, 6.45) is 0.979. The monoisotopic (exact) mass is 234 g/mol. The molecule has 1 unspecified atom stereocenters. The van der Waals surface area contributed by atoms with Gasteiger partial charge in [-0.15, -0.1) is 0 Å². The smallest absolute Gasteiger partial charge is 0.338 e. The van der Waals surface area contributed by atoms with Gasteiger partial charge in [-0.1, -0.05) is 18.2 Å². The normalized spacial score (nSPS) is 23.2. The minimum Gasteiger partial charge on any atom is -0.458 e. The predicted octanol–water partition coefficient (Wildman–Crippen LogP) is 1.94. The van der Waals surface area contributed by atoms with Gasteiger partial charge in [0.2, 0.25) is 0 Å². The van der Waals surface area contributed by atoms with Gasteiger partial charge in [-0.25, -0.2) is 4.79 Å². The van der Waals surface area contributed by atoms with E-state index in [0.717, 1.165) is 0 Å². The van der Waals surface area contributed by atoms with Crippen molar-refractivity contribution in [3.8, 4) is 0 Å². The third-order valence-electron chi connectivity index (χ3n) is 2.74. The maximum Gasteiger partial charge on any atom is 0.338 e. The summed E-state index contributed by atoms with van der Waals surface area (Å²) >= 11 is 0. The molecule has 0 N–H and O–H groups in total. The Kier molecular flexibility index (Phi) is 3.13. The van der Waals surface area contributed by atoms with Crippen molar-refractivity contribution in [2.45, 2.75) is 25.4 Å². The van der Waals surface area contributed by atoms with Crippen LogP contribution in [0, 0.1) is 0 Å². The molecule has 1 fully saturated rings. The van der Waals surface area contributed by atoms with Crippen molar-refractivity contribution >= 4 is 11.9 Å². The van der Waals surface area contributed by atoms with Crippen LogP contribution >= 0.6 is 0 Å². The molecule has 90 valence electrons. The van der Waals surface area contributed by atoms with E-state index in [9.17, 15) is 9.59 Å². The Labute approximate surface area is 99.5 Å². The Hall–Kier alpha value is -1.84. The molecular weight excluding hydrogens is 220 g/mol. The van der Waals surface area contributed by atoms with Crippen LogP contribution in [0.25, 0.3) is 0 Å². The van der Waals surface area contributed by atoms with Crippen LogP contribution in [0.3, 0.4) is 0 Å². The molecule has 1 heterocycles. The first-order chi connectivity index (χ1) is 8.09. The minimum atomic E-state index is -0.665. The van der Waals surface area contributed by atoms with Crippen LogP contribution in [0.4, 0.5) is 0 Å². The van der Waals surface area contributed by atoms with Gasteiger partial charge in [0.1, 0.15) is 12.2 Å². The molecule has 4 nitrogen and oxygen atoms in total. The van der Waals surface area contributed by atoms with Crippen LogP contribution in [0.15, 0.2) is 30.3 Å². The molecule has 1 saturated heterocycles. The van der Waals surface area contributed by atoms with Crippen molar-refractivity contribution in [3.05, 3.63) is 35.9 Å². The van der Waals surface area contributed by atoms with Crippen molar-refractivity contribution in [1.82, 2.24) is 0 Å². The Morgan fingerprint density at radius 2 is 2.12 bits per heavy atom. The fraction of sp³-hybridized carbons (Fsp3) is 0.385. The highest BCUT2D eigenvalue weighted by Crippen LogP contribution is 2.26. The molecule has 1 aromatic carbocycles. The van der Waals surface area contributed by atoms with Gasteiger partial charge >= 0.3 is 11.9 Å². The number of carbonyl (C=O) groups excluding carboxylic acids is 2. The largest absolute Gasteiger partial charge is 0.458 e. The number of esters is 2. The lowest BCUT2D eigenvalue weighted by atomic mass is 10.0. The highest BCUT2D eigenvalue weighted by atomic mass is 16.6. The summed E-state index contributed by atoms with van der Waals surface area (Å²) in [7, 11) is 0. The average Bonchev–Trinajstić information content (AvgIpc) is 2.68. The first kappa shape index (κ1) is 11.6. The van der Waals surface area contributed by atoms with Crippen molar-refractivity contribution in [2.75, 3.05) is 6.61 Å². The van der Waals surface area contributed by atoms with E-state index in [1.54, 1.807) is 31.2 Å². The van der Waals surface area contributed by atoms with Gasteiger partial charge in [0.05, 0.1) is 5.56 Å². The van der Waals surface area contributed by atoms with E-state index in [0.29, 0.717) is 18.4 Å². The summed E-state index contributed by atoms with van der Waals surface area (Å²) in [6, 6.07) is 8.75. The Bertz CT molecular complexity index is 426. The second-order valence-electron chi connectivity index (χ2n) is 4.37. The van der Waals surface area contributed by atoms with Gasteiger partial charge in [-0.3, -0.25) is 4.79 Å². The quantitative estimate of drug-likeness (QED) is 0.750. The zero-order valence-electron chi connectivity index (χ0n) is 9.64. The van der Waals surface area contributed by atoms with Crippen LogP contribution in [0.5, 0.6) is 0 Å². The van der Waals surface area contributed by atoms with Crippen LogP contribution in [-0.2, 0) is 14.3 Å². The molecule has 0 radical (unpaired) electrons. The van der Waals surface area contributed by atoms with E-state index in [2.05, 4.69) is 0 Å². The molecule has 0 aromatic heterocycles. The van der Waals surface area contributed by atoms with E-state index in [4.69, 9.17) is 9.47 Å². The molecule has 17 heavy (non-hydrogen) atoms. The zero-order chi connectivity index (χ0) is 12.3. The van der Waals surface area contributed by atoms with Crippen LogP contribution in [0.2, 0.25) is 0 Å². The third kappa shape index (κ3) is 2.84. The fourth-order valence-corrected chi connectivity index (χ4v) is 1.72. The summed E-state index contributed by atoms with van der Waals surface area (Å²) in [4.78, 5) is 22.7. The molecule has 2 rings (SSSR count). The number of carbonyl (C=O) groups is 2. The van der Waals surface area contributed by atoms with Gasteiger partial charge in [-0.05, 0) is 19.1 Å². The van der Waals surface area contributed by atoms with Gasteiger partial charge in [0, 0.05) is 12.8 Å². The summed E-state index contributed by atoms with van der Waals surface area (Å²) in [5.74, 6) is -0.627. The Balaban J connectivity index is 1.91. The number of hydrogen-bond acceptors (Lipinski definition) is 4. The topological polar surface area (TPSA) is 52.6 Å². The first-order valence-electron chi connectivity index (χ1n) is 5.53. The standard InChI is InChI=1S/C13H14O4/c1-13(8-7-11(14)17-13)9-16-12(15)10-5-3-2-4-6-10/h2-6H,7-9H2,1H3. The van der Waals surface area contributed by atoms with Gasteiger partial charge in [-0.2, -0.15) is 0 Å². The van der Waals surface area contributed by atoms with Crippen LogP contribution in [-0.4, -0.2) is 24.1 Å². The molecule has 4 heteroatoms. The number of ether oxygens (including phenoxy) is 2. The zero-order valence-corrected chi connectivity index (χ0v) is 9.64. The molecule has 1 aliphatic heterocycles. The summed E-state index contributed by atoms with van der Waals surface area (Å²) in [5, 5.41) is 0. The lowest BCUT2D eigenvalue weighted by molar-refractivity contribution is -0.150. The molecule has 0 saturated carbocycles. The minimum absolute atomic E-state index is 0.104. The molecule has 1 aromatic rings. The number of benzene rings is 1. The van der Waals surface area contributed by atoms with Crippen molar-refractivity contribution in [3.63, 3.8) is 0 Å². The maximum absolute atomic E-state index is 11.7. The Morgan fingerprint density at radius 1 is 1.41 bits per heavy atom. The SMILES string of the molecule is CC1(COC(=O)c2ccccc2)CCC(=O)O1. The van der Waals surface area contributed by atoms with Crippen LogP contribution < -0.4 is 0 Å². The van der Waals surface area contributed by atoms with E-state index in [1.807, 2.05) is 6.07 Å². The predicted molar refractivity (Wildman–Crippen MR) is 60.5 cm³/mol. The van der Waals surface area contributed by atoms with Crippen molar-refractivity contribution < 1.29 is 19.1 Å². The second kappa shape index (κ2) is 4.57. The number of cyclic esters (lactones) is 1. The lowest BCUT2D eigenvalue weighted by Crippen LogP contribution is -2.31. The van der Waals surface area contributed by atoms with E-state index in [-0.39, 0.29) is 12.6 Å². The molecule has 1 aliphatic rings. The number of rotatable bonds is 3. The first-order valence-corrected chi connectivity index (χ1v) is 5.53. The maximum atomic E-state index is 11.7. The Morgan fingerprint density at radius 3 is 2.71 bits per heavy atom. The van der Waals surface area contributed by atoms with Gasteiger partial charge in [0.25, 0.3) is 0 Å². The van der Waals surface area contributed by atoms with Gasteiger partial charge in [0.15, 0.2) is 0 Å². The summed E-state index contributed by atoms with van der Waals surface area (Å²) in [6.45, 7) is 1.88. The molecular formula is C13H14O4. The molecule has 0 amide bonds. The number of hydrogen-bond donors (Lipinski definition) is 0. The van der Waals surface area contributed by atoms with Crippen LogP contribution in [0.1, 0.15) is 30.1 Å². The second-order valence-corrected chi connectivity index (χ2v) is 4.37. The summed E-state index contributed by atoms with van der Waals surface area (Å²) < 4.78 is 10.3. The van der Waals surface area contributed by atoms with E-state index in [1.165, 1.54) is 0 Å². The lowest BCUT2D eigenvalue weighted by Gasteiger charge is -2.21. The van der Waals surface area contributed by atoms with E-state index >= 15 is 0 Å². The summed E-state index contributed by atoms with van der Waals surface area (Å²) in [5.41, 5.74) is -0.165. The molecule has 1 atom stereocenters. The molecule has 0 bridgehead atoms. The fourth-order valence-electron chi connectivity index (χ4n) is 1.72. The molecule has 0 spiro atoms. The highest BCUT2D eigenvalue weighted by molar-refractivity contribution is 5.89.